The molecule has 7 heteroatoms. The summed E-state index contributed by atoms with van der Waals surface area (Å²) < 4.78 is 0. The minimum absolute atomic E-state index is 0. The molecular weight excluding hydrogens is 277 g/mol. The summed E-state index contributed by atoms with van der Waals surface area (Å²) in [4.78, 5) is 8.33. The average Bonchev–Trinajstić information content (AvgIpc) is 1.33. The van der Waals surface area contributed by atoms with Crippen molar-refractivity contribution in [3.8, 4) is 0 Å². The van der Waals surface area contributed by atoms with Gasteiger partial charge in [0.2, 0.25) is 0 Å². The molecule has 0 aromatic heterocycles. The van der Waals surface area contributed by atoms with E-state index in [4.69, 9.17) is 34.1 Å². The van der Waals surface area contributed by atoms with Crippen molar-refractivity contribution < 1.29 is 30.9 Å². The summed E-state index contributed by atoms with van der Waals surface area (Å²) in [6.45, 7) is 0. The van der Waals surface area contributed by atoms with Gasteiger partial charge < -0.3 is 15.0 Å². The summed E-state index contributed by atoms with van der Waals surface area (Å²) in [5.41, 5.74) is 0. The Balaban J connectivity index is -0.0000000575. The maximum atomic E-state index is 8.33. The maximum absolute atomic E-state index is 8.33. The fourth-order valence-electron chi connectivity index (χ4n) is 0. The Morgan fingerprint density at radius 1 is 1.38 bits per heavy atom. The molecule has 0 atom stereocenters. The molecule has 0 aliphatic heterocycles. The molecule has 0 bridgehead atoms. The van der Waals surface area contributed by atoms with E-state index in [-0.39, 0.29) is 53.7 Å². The van der Waals surface area contributed by atoms with Gasteiger partial charge in [-0.3, -0.25) is 0 Å². The van der Waals surface area contributed by atoms with Gasteiger partial charge in [0.25, 0.3) is 0 Å². The van der Waals surface area contributed by atoms with Gasteiger partial charge in [0, 0.05) is 0 Å². The van der Waals surface area contributed by atoms with Crippen LogP contribution >= 0.6 is 19.1 Å². The monoisotopic (exact) mass is 276 g/mol. The number of rotatable bonds is 0. The molecule has 0 aromatic rings. The van der Waals surface area contributed by atoms with E-state index in [1.807, 2.05) is 0 Å². The summed E-state index contributed by atoms with van der Waals surface area (Å²) in [6.07, 6.45) is -2.33. The summed E-state index contributed by atoms with van der Waals surface area (Å²) in [6, 6.07) is 0. The van der Waals surface area contributed by atoms with E-state index in [1.54, 1.807) is 0 Å². The normalized spacial score (nSPS) is 5.75. The first kappa shape index (κ1) is 16.4. The van der Waals surface area contributed by atoms with Crippen molar-refractivity contribution in [3.63, 3.8) is 0 Å². The zero-order chi connectivity index (χ0) is 6.28. The number of halogens is 2. The Labute approximate surface area is 92.5 Å². The van der Waals surface area contributed by atoms with Gasteiger partial charge in [-0.05, 0) is 6.16 Å². The number of hydrogen-bond donors (Lipinski definition) is 0. The molecule has 8 heavy (non-hydrogen) atoms. The fourth-order valence-corrected chi connectivity index (χ4v) is 0. The molecular formula is CCaCl2O3Pd. The molecule has 0 heterocycles. The van der Waals surface area contributed by atoms with Crippen molar-refractivity contribution in [2.75, 3.05) is 0 Å². The number of carboxylic acid groups (broad SMARTS) is 2. The molecule has 0 saturated carbocycles. The van der Waals surface area contributed by atoms with Gasteiger partial charge in [-0.2, -0.15) is 0 Å². The van der Waals surface area contributed by atoms with Crippen LogP contribution in [0.1, 0.15) is 0 Å². The van der Waals surface area contributed by atoms with Crippen LogP contribution in [0, 0.1) is 0 Å². The van der Waals surface area contributed by atoms with Crippen molar-refractivity contribution in [2.45, 2.75) is 0 Å². The van der Waals surface area contributed by atoms with Gasteiger partial charge in [0.15, 0.2) is 0 Å². The van der Waals surface area contributed by atoms with Crippen LogP contribution in [0.2, 0.25) is 0 Å². The molecule has 0 fully saturated rings. The van der Waals surface area contributed by atoms with Crippen molar-refractivity contribution in [1.29, 1.82) is 0 Å². The molecule has 0 N–H and O–H groups in total. The van der Waals surface area contributed by atoms with Crippen LogP contribution < -0.4 is 10.2 Å². The van der Waals surface area contributed by atoms with Crippen LogP contribution in [0.25, 0.3) is 0 Å². The Morgan fingerprint density at radius 3 is 1.38 bits per heavy atom. The summed E-state index contributed by atoms with van der Waals surface area (Å²) in [7, 11) is 9.63. The summed E-state index contributed by atoms with van der Waals surface area (Å²) in [5, 5.41) is 16.7. The van der Waals surface area contributed by atoms with Crippen LogP contribution in [-0.2, 0) is 15.9 Å². The predicted molar refractivity (Wildman–Crippen MR) is 22.9 cm³/mol. The third-order valence-electron chi connectivity index (χ3n) is 0. The number of carbonyl (C=O) groups is 1. The summed E-state index contributed by atoms with van der Waals surface area (Å²) >= 11 is -0.106. The van der Waals surface area contributed by atoms with Crippen molar-refractivity contribution in [3.05, 3.63) is 0 Å². The molecule has 0 saturated heterocycles. The fraction of sp³-hybridized carbons (Fsp3) is 0. The van der Waals surface area contributed by atoms with Crippen molar-refractivity contribution >= 4 is 63.0 Å². The predicted octanol–water partition coefficient (Wildman–Crippen LogP) is -1.45. The van der Waals surface area contributed by atoms with Gasteiger partial charge in [-0.25, -0.2) is 0 Å². The Kier molecular flexibility index (Phi) is 32.6. The second-order valence-corrected chi connectivity index (χ2v) is 2.66. The first-order valence-electron chi connectivity index (χ1n) is 0.851. The average molecular weight is 277 g/mol. The molecule has 0 aliphatic rings. The van der Waals surface area contributed by atoms with E-state index >= 15 is 0 Å². The van der Waals surface area contributed by atoms with E-state index in [9.17, 15) is 0 Å². The standard InChI is InChI=1S/CH2O3.Ca.2ClH.Pd/c2-1(3)4;;;;/h(H2,2,3,4);;2*1H;/q;+2;;;+2/p-4. The number of hydrogen-bond acceptors (Lipinski definition) is 3. The minimum atomic E-state index is -2.33. The van der Waals surface area contributed by atoms with Crippen molar-refractivity contribution in [2.24, 2.45) is 0 Å². The molecule has 0 spiro atoms. The van der Waals surface area contributed by atoms with Crippen LogP contribution in [0.3, 0.4) is 0 Å². The molecule has 0 amide bonds. The molecule has 0 aliphatic carbocycles. The Morgan fingerprint density at radius 2 is 1.38 bits per heavy atom. The zero-order valence-electron chi connectivity index (χ0n) is 3.50. The zero-order valence-corrected chi connectivity index (χ0v) is 8.78. The first-order chi connectivity index (χ1) is 3.15. The van der Waals surface area contributed by atoms with E-state index in [1.165, 1.54) is 0 Å². The van der Waals surface area contributed by atoms with Gasteiger partial charge in [0.05, 0.1) is 0 Å². The molecule has 0 aromatic carbocycles. The SMILES string of the molecule is O=C([O-])[O-].[Ca+2].[Cl][Pd][Cl]. The van der Waals surface area contributed by atoms with Gasteiger partial charge in [-0.15, -0.1) is 0 Å². The van der Waals surface area contributed by atoms with E-state index in [0.29, 0.717) is 0 Å². The van der Waals surface area contributed by atoms with Gasteiger partial charge in [0.1, 0.15) is 0 Å². The van der Waals surface area contributed by atoms with Crippen LogP contribution in [-0.4, -0.2) is 43.9 Å². The quantitative estimate of drug-likeness (QED) is 0.509. The van der Waals surface area contributed by atoms with Crippen molar-refractivity contribution in [1.82, 2.24) is 0 Å². The Bertz CT molecular complexity index is 48.5. The van der Waals surface area contributed by atoms with Gasteiger partial charge in [-0.1, -0.05) is 0 Å². The van der Waals surface area contributed by atoms with E-state index in [0.717, 1.165) is 0 Å². The topological polar surface area (TPSA) is 63.2 Å². The molecule has 0 rings (SSSR count). The summed E-state index contributed by atoms with van der Waals surface area (Å²) in [5.74, 6) is 0. The van der Waals surface area contributed by atoms with Crippen LogP contribution in [0.4, 0.5) is 4.79 Å². The molecule has 0 unspecified atom stereocenters. The number of carbonyl (C=O) groups excluding carboxylic acids is 1. The van der Waals surface area contributed by atoms with Crippen LogP contribution in [0.15, 0.2) is 0 Å². The van der Waals surface area contributed by atoms with Gasteiger partial charge >= 0.3 is 72.7 Å². The third kappa shape index (κ3) is 114. The van der Waals surface area contributed by atoms with E-state index in [2.05, 4.69) is 0 Å². The molecule has 3 nitrogen and oxygen atoms in total. The van der Waals surface area contributed by atoms with Crippen LogP contribution in [0.5, 0.6) is 0 Å². The van der Waals surface area contributed by atoms with E-state index < -0.39 is 6.16 Å². The second-order valence-electron chi connectivity index (χ2n) is 0.295. The second kappa shape index (κ2) is 15.9. The third-order valence-corrected chi connectivity index (χ3v) is 0. The molecule has 48 valence electrons. The first-order valence-corrected chi connectivity index (χ1v) is 4.86. The molecule has 0 radical (unpaired) electrons. The Hall–Kier alpha value is 1.77.